The van der Waals surface area contributed by atoms with Crippen LogP contribution >= 0.6 is 0 Å². The van der Waals surface area contributed by atoms with Crippen LogP contribution in [0.3, 0.4) is 0 Å². The van der Waals surface area contributed by atoms with Crippen LogP contribution < -0.4 is 9.64 Å². The van der Waals surface area contributed by atoms with E-state index >= 15 is 0 Å². The number of ether oxygens (including phenoxy) is 1. The van der Waals surface area contributed by atoms with Crippen molar-refractivity contribution < 1.29 is 4.74 Å². The standard InChI is InChI=1S/C67H47NO/c1-67(2)63-20-12-11-19-57(63)58-37-35-56(43-64(58)67)68(54-31-25-47(26-32-54)44-13-5-3-6-14-44)55-33-27-48(28-34-55)46-21-23-49(24-22-46)52-30-38-65-62(41-52)61-40-51-18-10-9-17-50(51)39-60(61)59-36-29-53(42-66(59)69-65)45-15-7-4-8-16-45/h3-43H,1-2H3. The molecular weight excluding hydrogens is 835 g/mol. The van der Waals surface area contributed by atoms with E-state index in [9.17, 15) is 0 Å². The van der Waals surface area contributed by atoms with Crippen LogP contribution in [0.25, 0.3) is 88.7 Å². The third kappa shape index (κ3) is 7.03. The Morgan fingerprint density at radius 2 is 0.710 bits per heavy atom. The van der Waals surface area contributed by atoms with Crippen LogP contribution in [0.1, 0.15) is 25.0 Å². The zero-order valence-corrected chi connectivity index (χ0v) is 38.5. The SMILES string of the molecule is CC1(C)c2ccccc2-c2ccc(N(c3ccc(-c4ccccc4)cc3)c3ccc(-c4ccc(-c5ccc6c(c5)-c5cc7ccccc7cc5-c5ccc(-c7ccccc7)cc5O6)cc4)cc3)cc21. The highest BCUT2D eigenvalue weighted by molar-refractivity contribution is 6.01. The minimum absolute atomic E-state index is 0.106. The molecule has 11 aromatic rings. The molecule has 1 aliphatic heterocycles. The summed E-state index contributed by atoms with van der Waals surface area (Å²) in [4.78, 5) is 2.39. The Morgan fingerprint density at radius 1 is 0.275 bits per heavy atom. The Kier molecular flexibility index (Phi) is 9.55. The molecule has 0 saturated heterocycles. The summed E-state index contributed by atoms with van der Waals surface area (Å²) < 4.78 is 6.89. The van der Waals surface area contributed by atoms with Crippen molar-refractivity contribution in [3.63, 3.8) is 0 Å². The van der Waals surface area contributed by atoms with Gasteiger partial charge in [0.2, 0.25) is 0 Å². The highest BCUT2D eigenvalue weighted by Gasteiger charge is 2.36. The van der Waals surface area contributed by atoms with Gasteiger partial charge in [0.05, 0.1) is 0 Å². The summed E-state index contributed by atoms with van der Waals surface area (Å²) >= 11 is 0. The number of anilines is 3. The second-order valence-corrected chi connectivity index (χ2v) is 18.9. The van der Waals surface area contributed by atoms with E-state index in [4.69, 9.17) is 4.74 Å². The lowest BCUT2D eigenvalue weighted by atomic mass is 9.82. The number of fused-ring (bicyclic) bond motifs is 9. The van der Waals surface area contributed by atoms with Gasteiger partial charge in [-0.2, -0.15) is 0 Å². The molecule has 0 amide bonds. The topological polar surface area (TPSA) is 12.5 Å². The molecule has 0 saturated carbocycles. The number of rotatable bonds is 7. The quantitative estimate of drug-likeness (QED) is 0.158. The molecule has 0 aromatic heterocycles. The summed E-state index contributed by atoms with van der Waals surface area (Å²) in [6.07, 6.45) is 0. The summed E-state index contributed by atoms with van der Waals surface area (Å²) in [6, 6.07) is 90.5. The van der Waals surface area contributed by atoms with E-state index in [-0.39, 0.29) is 5.41 Å². The van der Waals surface area contributed by atoms with Gasteiger partial charge in [0, 0.05) is 33.6 Å². The zero-order valence-electron chi connectivity index (χ0n) is 38.5. The van der Waals surface area contributed by atoms with Crippen molar-refractivity contribution in [2.75, 3.05) is 4.90 Å². The van der Waals surface area contributed by atoms with Gasteiger partial charge in [-0.1, -0.05) is 190 Å². The number of hydrogen-bond acceptors (Lipinski definition) is 2. The average Bonchev–Trinajstić information content (AvgIpc) is 3.55. The molecule has 0 N–H and O–H groups in total. The van der Waals surface area contributed by atoms with Gasteiger partial charge >= 0.3 is 0 Å². The predicted octanol–water partition coefficient (Wildman–Crippen LogP) is 18.7. The van der Waals surface area contributed by atoms with Gasteiger partial charge in [-0.25, -0.2) is 0 Å². The maximum atomic E-state index is 6.89. The van der Waals surface area contributed by atoms with Crippen LogP contribution in [0.5, 0.6) is 11.5 Å². The molecule has 1 heterocycles. The Bertz CT molecular complexity index is 3740. The molecule has 2 aliphatic rings. The molecule has 13 rings (SSSR count). The van der Waals surface area contributed by atoms with Gasteiger partial charge in [0.15, 0.2) is 0 Å². The first-order valence-corrected chi connectivity index (χ1v) is 23.9. The van der Waals surface area contributed by atoms with E-state index in [2.05, 4.69) is 267 Å². The Morgan fingerprint density at radius 3 is 1.35 bits per heavy atom. The minimum Gasteiger partial charge on any atom is -0.456 e. The van der Waals surface area contributed by atoms with Gasteiger partial charge in [-0.3, -0.25) is 0 Å². The van der Waals surface area contributed by atoms with E-state index in [0.29, 0.717) is 0 Å². The van der Waals surface area contributed by atoms with Gasteiger partial charge < -0.3 is 9.64 Å². The van der Waals surface area contributed by atoms with Crippen LogP contribution in [-0.4, -0.2) is 0 Å². The second-order valence-electron chi connectivity index (χ2n) is 18.9. The van der Waals surface area contributed by atoms with Gasteiger partial charge in [0.25, 0.3) is 0 Å². The van der Waals surface area contributed by atoms with Gasteiger partial charge in [0.1, 0.15) is 11.5 Å². The van der Waals surface area contributed by atoms with Gasteiger partial charge in [-0.05, 0) is 161 Å². The molecule has 69 heavy (non-hydrogen) atoms. The van der Waals surface area contributed by atoms with E-state index in [1.165, 1.54) is 72.0 Å². The van der Waals surface area contributed by atoms with Crippen molar-refractivity contribution in [2.24, 2.45) is 0 Å². The summed E-state index contributed by atoms with van der Waals surface area (Å²) in [6.45, 7) is 4.70. The first kappa shape index (κ1) is 40.5. The molecule has 1 aliphatic carbocycles. The highest BCUT2D eigenvalue weighted by Crippen LogP contribution is 2.52. The summed E-state index contributed by atoms with van der Waals surface area (Å²) in [5, 5.41) is 2.42. The fraction of sp³-hybridized carbons (Fsp3) is 0.0448. The molecule has 11 aromatic carbocycles. The first-order valence-electron chi connectivity index (χ1n) is 23.9. The highest BCUT2D eigenvalue weighted by atomic mass is 16.5. The third-order valence-corrected chi connectivity index (χ3v) is 14.5. The minimum atomic E-state index is -0.106. The monoisotopic (exact) mass is 881 g/mol. The van der Waals surface area contributed by atoms with Crippen molar-refractivity contribution in [2.45, 2.75) is 19.3 Å². The molecule has 0 atom stereocenters. The number of nitrogens with zero attached hydrogens (tertiary/aromatic N) is 1. The van der Waals surface area contributed by atoms with Crippen LogP contribution in [0.4, 0.5) is 17.1 Å². The van der Waals surface area contributed by atoms with Gasteiger partial charge in [-0.15, -0.1) is 0 Å². The van der Waals surface area contributed by atoms with E-state index in [1.807, 2.05) is 0 Å². The molecule has 0 bridgehead atoms. The molecule has 2 nitrogen and oxygen atoms in total. The third-order valence-electron chi connectivity index (χ3n) is 14.5. The Hall–Kier alpha value is -8.72. The molecular formula is C67H47NO. The van der Waals surface area contributed by atoms with Crippen LogP contribution in [0, 0.1) is 0 Å². The smallest absolute Gasteiger partial charge is 0.135 e. The van der Waals surface area contributed by atoms with E-state index < -0.39 is 0 Å². The molecule has 0 unspecified atom stereocenters. The lowest BCUT2D eigenvalue weighted by Gasteiger charge is -2.28. The molecule has 0 fully saturated rings. The lowest BCUT2D eigenvalue weighted by molar-refractivity contribution is 0.488. The normalized spacial score (nSPS) is 12.7. The van der Waals surface area contributed by atoms with Crippen molar-refractivity contribution in [3.05, 3.63) is 260 Å². The first-order chi connectivity index (χ1) is 33.9. The fourth-order valence-corrected chi connectivity index (χ4v) is 10.8. The maximum absolute atomic E-state index is 6.89. The molecule has 0 spiro atoms. The van der Waals surface area contributed by atoms with Crippen molar-refractivity contribution >= 4 is 27.8 Å². The van der Waals surface area contributed by atoms with E-state index in [0.717, 1.165) is 56.4 Å². The molecule has 0 radical (unpaired) electrons. The van der Waals surface area contributed by atoms with E-state index in [1.54, 1.807) is 0 Å². The number of benzene rings is 11. The predicted molar refractivity (Wildman–Crippen MR) is 289 cm³/mol. The summed E-state index contributed by atoms with van der Waals surface area (Å²) in [5.74, 6) is 1.71. The van der Waals surface area contributed by atoms with Crippen LogP contribution in [-0.2, 0) is 5.41 Å². The largest absolute Gasteiger partial charge is 0.456 e. The second kappa shape index (κ2) is 16.3. The van der Waals surface area contributed by atoms with Crippen LogP contribution in [0.15, 0.2) is 249 Å². The van der Waals surface area contributed by atoms with Crippen molar-refractivity contribution in [3.8, 4) is 89.4 Å². The summed E-state index contributed by atoms with van der Waals surface area (Å²) in [7, 11) is 0. The van der Waals surface area contributed by atoms with Crippen LogP contribution in [0.2, 0.25) is 0 Å². The Balaban J connectivity index is 0.836. The number of hydrogen-bond donors (Lipinski definition) is 0. The zero-order chi connectivity index (χ0) is 46.1. The fourth-order valence-electron chi connectivity index (χ4n) is 10.8. The lowest BCUT2D eigenvalue weighted by Crippen LogP contribution is -2.16. The molecule has 326 valence electrons. The van der Waals surface area contributed by atoms with Crippen molar-refractivity contribution in [1.82, 2.24) is 0 Å². The van der Waals surface area contributed by atoms with Crippen molar-refractivity contribution in [1.29, 1.82) is 0 Å². The average molecular weight is 882 g/mol. The Labute approximate surface area is 404 Å². The summed E-state index contributed by atoms with van der Waals surface area (Å²) in [5.41, 5.74) is 22.5. The molecule has 2 heteroatoms. The maximum Gasteiger partial charge on any atom is 0.135 e.